The van der Waals surface area contributed by atoms with Gasteiger partial charge >= 0.3 is 0 Å². The zero-order valence-electron chi connectivity index (χ0n) is 10.3. The van der Waals surface area contributed by atoms with Gasteiger partial charge in [0, 0.05) is 16.2 Å². The van der Waals surface area contributed by atoms with Gasteiger partial charge in [0.25, 0.3) is 0 Å². The highest BCUT2D eigenvalue weighted by atomic mass is 32.2. The zero-order valence-corrected chi connectivity index (χ0v) is 11.1. The first-order valence-electron chi connectivity index (χ1n) is 6.90. The molecule has 0 radical (unpaired) electrons. The molecule has 0 amide bonds. The molecule has 1 aromatic carbocycles. The lowest BCUT2D eigenvalue weighted by Crippen LogP contribution is -2.31. The third-order valence-corrected chi connectivity index (χ3v) is 5.27. The van der Waals surface area contributed by atoms with Crippen molar-refractivity contribution < 1.29 is 0 Å². The highest BCUT2D eigenvalue weighted by Gasteiger charge is 2.24. The maximum Gasteiger partial charge on any atom is 0.0150 e. The van der Waals surface area contributed by atoms with Crippen LogP contribution < -0.4 is 5.32 Å². The molecule has 1 nitrogen and oxygen atoms in total. The summed E-state index contributed by atoms with van der Waals surface area (Å²) in [4.78, 5) is 1.52. The third-order valence-electron chi connectivity index (χ3n) is 3.92. The summed E-state index contributed by atoms with van der Waals surface area (Å²) in [6.07, 6.45) is 8.21. The first-order chi connectivity index (χ1) is 8.42. The number of fused-ring (bicyclic) bond motifs is 1. The van der Waals surface area contributed by atoms with E-state index < -0.39 is 0 Å². The lowest BCUT2D eigenvalue weighted by Gasteiger charge is -2.19. The van der Waals surface area contributed by atoms with Crippen LogP contribution in [0.5, 0.6) is 0 Å². The highest BCUT2D eigenvalue weighted by Crippen LogP contribution is 2.39. The van der Waals surface area contributed by atoms with Crippen molar-refractivity contribution in [3.63, 3.8) is 0 Å². The summed E-state index contributed by atoms with van der Waals surface area (Å²) in [7, 11) is 0. The third kappa shape index (κ3) is 2.86. The number of nitrogens with one attached hydrogen (secondary N) is 1. The van der Waals surface area contributed by atoms with E-state index in [4.69, 9.17) is 0 Å². The molecule has 2 heteroatoms. The van der Waals surface area contributed by atoms with E-state index in [1.165, 1.54) is 50.0 Å². The van der Waals surface area contributed by atoms with E-state index in [2.05, 4.69) is 41.3 Å². The van der Waals surface area contributed by atoms with Crippen molar-refractivity contribution in [3.05, 3.63) is 29.8 Å². The van der Waals surface area contributed by atoms with Gasteiger partial charge in [-0.1, -0.05) is 31.0 Å². The Bertz CT molecular complexity index is 344. The lowest BCUT2D eigenvalue weighted by atomic mass is 10.0. The van der Waals surface area contributed by atoms with Crippen LogP contribution in [-0.4, -0.2) is 17.8 Å². The summed E-state index contributed by atoms with van der Waals surface area (Å²) >= 11 is 2.10. The van der Waals surface area contributed by atoms with Crippen LogP contribution in [0.15, 0.2) is 29.2 Å². The minimum absolute atomic E-state index is 0.768. The van der Waals surface area contributed by atoms with Crippen LogP contribution in [0.2, 0.25) is 0 Å². The predicted molar refractivity (Wildman–Crippen MR) is 74.7 cm³/mol. The summed E-state index contributed by atoms with van der Waals surface area (Å²) in [6, 6.07) is 9.68. The number of hydrogen-bond acceptors (Lipinski definition) is 2. The van der Waals surface area contributed by atoms with Crippen LogP contribution >= 0.6 is 11.8 Å². The zero-order chi connectivity index (χ0) is 11.5. The molecule has 0 bridgehead atoms. The van der Waals surface area contributed by atoms with E-state index in [-0.39, 0.29) is 0 Å². The molecule has 2 atom stereocenters. The van der Waals surface area contributed by atoms with Crippen LogP contribution in [0.3, 0.4) is 0 Å². The van der Waals surface area contributed by atoms with Gasteiger partial charge in [-0.3, -0.25) is 0 Å². The second-order valence-electron chi connectivity index (χ2n) is 5.29. The SMILES string of the molecule is c1ccc2c(c1)CC(CC1CCCCCN1)S2. The topological polar surface area (TPSA) is 12.0 Å². The van der Waals surface area contributed by atoms with Crippen LogP contribution in [0.4, 0.5) is 0 Å². The molecule has 2 heterocycles. The molecule has 0 aromatic heterocycles. The Morgan fingerprint density at radius 1 is 1.18 bits per heavy atom. The summed E-state index contributed by atoms with van der Waals surface area (Å²) in [5.74, 6) is 0. The number of hydrogen-bond donors (Lipinski definition) is 1. The normalized spacial score (nSPS) is 28.7. The molecule has 17 heavy (non-hydrogen) atoms. The van der Waals surface area contributed by atoms with Gasteiger partial charge in [0.05, 0.1) is 0 Å². The molecule has 0 aliphatic carbocycles. The fraction of sp³-hybridized carbons (Fsp3) is 0.600. The largest absolute Gasteiger partial charge is 0.314 e. The molecule has 0 saturated carbocycles. The van der Waals surface area contributed by atoms with Gasteiger partial charge in [0.15, 0.2) is 0 Å². The minimum atomic E-state index is 0.768. The molecule has 3 rings (SSSR count). The Hall–Kier alpha value is -0.470. The van der Waals surface area contributed by atoms with Gasteiger partial charge in [0.1, 0.15) is 0 Å². The van der Waals surface area contributed by atoms with Crippen LogP contribution in [0, 0.1) is 0 Å². The summed E-state index contributed by atoms with van der Waals surface area (Å²) in [5.41, 5.74) is 1.57. The molecule has 2 unspecified atom stereocenters. The van der Waals surface area contributed by atoms with Crippen LogP contribution in [0.25, 0.3) is 0 Å². The molecular weight excluding hydrogens is 226 g/mol. The maximum atomic E-state index is 3.72. The monoisotopic (exact) mass is 247 g/mol. The van der Waals surface area contributed by atoms with E-state index >= 15 is 0 Å². The van der Waals surface area contributed by atoms with Crippen molar-refractivity contribution in [2.75, 3.05) is 6.54 Å². The fourth-order valence-corrected chi connectivity index (χ4v) is 4.42. The molecule has 0 spiro atoms. The van der Waals surface area contributed by atoms with Gasteiger partial charge in [-0.15, -0.1) is 11.8 Å². The molecule has 92 valence electrons. The lowest BCUT2D eigenvalue weighted by molar-refractivity contribution is 0.472. The van der Waals surface area contributed by atoms with Crippen molar-refractivity contribution >= 4 is 11.8 Å². The van der Waals surface area contributed by atoms with Crippen LogP contribution in [0.1, 0.15) is 37.7 Å². The van der Waals surface area contributed by atoms with E-state index in [9.17, 15) is 0 Å². The van der Waals surface area contributed by atoms with E-state index in [0.29, 0.717) is 0 Å². The molecule has 1 saturated heterocycles. The average molecular weight is 247 g/mol. The first-order valence-corrected chi connectivity index (χ1v) is 7.78. The Morgan fingerprint density at radius 2 is 2.12 bits per heavy atom. The Morgan fingerprint density at radius 3 is 3.06 bits per heavy atom. The van der Waals surface area contributed by atoms with Gasteiger partial charge < -0.3 is 5.32 Å². The predicted octanol–water partition coefficient (Wildman–Crippen LogP) is 3.63. The average Bonchev–Trinajstić information content (AvgIpc) is 2.57. The Kier molecular flexibility index (Phi) is 3.72. The highest BCUT2D eigenvalue weighted by molar-refractivity contribution is 8.00. The van der Waals surface area contributed by atoms with Gasteiger partial charge in [0.2, 0.25) is 0 Å². The second-order valence-corrected chi connectivity index (χ2v) is 6.63. The van der Waals surface area contributed by atoms with Crippen molar-refractivity contribution in [1.29, 1.82) is 0 Å². The van der Waals surface area contributed by atoms with E-state index in [1.54, 1.807) is 5.56 Å². The summed E-state index contributed by atoms with van der Waals surface area (Å²) in [6.45, 7) is 1.23. The van der Waals surface area contributed by atoms with Gasteiger partial charge in [-0.2, -0.15) is 0 Å². The molecule has 1 aromatic rings. The summed E-state index contributed by atoms with van der Waals surface area (Å²) in [5, 5.41) is 4.53. The fourth-order valence-electron chi connectivity index (χ4n) is 3.00. The number of rotatable bonds is 2. The number of thioether (sulfide) groups is 1. The molecule has 2 aliphatic heterocycles. The van der Waals surface area contributed by atoms with E-state index in [1.807, 2.05) is 0 Å². The first kappa shape index (κ1) is 11.6. The van der Waals surface area contributed by atoms with Gasteiger partial charge in [-0.05, 0) is 43.9 Å². The Labute approximate surface area is 108 Å². The standard InChI is InChI=1S/C15H21NS/c1-2-7-13(16-9-5-1)11-14-10-12-6-3-4-8-15(12)17-14/h3-4,6,8,13-14,16H,1-2,5,7,9-11H2. The maximum absolute atomic E-state index is 3.72. The molecular formula is C15H21NS. The van der Waals surface area contributed by atoms with Crippen molar-refractivity contribution in [2.24, 2.45) is 0 Å². The van der Waals surface area contributed by atoms with Crippen molar-refractivity contribution in [2.45, 2.75) is 54.7 Å². The smallest absolute Gasteiger partial charge is 0.0150 e. The van der Waals surface area contributed by atoms with Crippen LogP contribution in [-0.2, 0) is 6.42 Å². The quantitative estimate of drug-likeness (QED) is 0.856. The molecule has 1 N–H and O–H groups in total. The number of benzene rings is 1. The Balaban J connectivity index is 1.57. The van der Waals surface area contributed by atoms with Crippen molar-refractivity contribution in [1.82, 2.24) is 5.32 Å². The summed E-state index contributed by atoms with van der Waals surface area (Å²) < 4.78 is 0. The molecule has 1 fully saturated rings. The van der Waals surface area contributed by atoms with E-state index in [0.717, 1.165) is 11.3 Å². The van der Waals surface area contributed by atoms with Gasteiger partial charge in [-0.25, -0.2) is 0 Å². The van der Waals surface area contributed by atoms with Crippen molar-refractivity contribution in [3.8, 4) is 0 Å². The minimum Gasteiger partial charge on any atom is -0.314 e. The molecule has 2 aliphatic rings. The second kappa shape index (κ2) is 5.45.